The Kier molecular flexibility index (Phi) is 2.43. The number of anilines is 1. The molecule has 0 aliphatic rings. The molecule has 52 valence electrons. The van der Waals surface area contributed by atoms with Crippen LogP contribution in [0.2, 0.25) is 0 Å². The van der Waals surface area contributed by atoms with E-state index >= 15 is 0 Å². The van der Waals surface area contributed by atoms with E-state index in [0.717, 1.165) is 0 Å². The molecule has 0 aliphatic heterocycles. The number of imidazole rings is 1. The Bertz CT molecular complexity index is 356. The van der Waals surface area contributed by atoms with Crippen molar-refractivity contribution >= 4 is 46.5 Å². The van der Waals surface area contributed by atoms with Gasteiger partial charge in [-0.3, -0.25) is 0 Å². The summed E-state index contributed by atoms with van der Waals surface area (Å²) in [6, 6.07) is 0. The van der Waals surface area contributed by atoms with Gasteiger partial charge in [0.2, 0.25) is 0 Å². The van der Waals surface area contributed by atoms with Crippen molar-refractivity contribution in [2.45, 2.75) is 0 Å². The van der Waals surface area contributed by atoms with Gasteiger partial charge in [0, 0.05) is 0 Å². The molecule has 2 aromatic rings. The number of H-pyrrole nitrogens is 1. The molecule has 0 bridgehead atoms. The van der Waals surface area contributed by atoms with Gasteiger partial charge in [-0.25, -0.2) is 15.0 Å². The summed E-state index contributed by atoms with van der Waals surface area (Å²) in [7, 11) is 0. The third kappa shape index (κ3) is 1.35. The van der Waals surface area contributed by atoms with E-state index in [0.29, 0.717) is 17.0 Å². The molecule has 11 heavy (non-hydrogen) atoms. The normalized spacial score (nSPS) is 9.45. The standard InChI is InChI=1S/C5H5N5.Na.H/c6-4-3-5(9-1-7-3)10-2-8-4;;/h1-2H,(H3,6,7,8,9,10);;. The molecule has 0 amide bonds. The summed E-state index contributed by atoms with van der Waals surface area (Å²) < 4.78 is 0. The molecule has 2 heterocycles. The first-order valence-corrected chi connectivity index (χ1v) is 2.77. The molecule has 0 aliphatic carbocycles. The molecule has 6 heteroatoms. The van der Waals surface area contributed by atoms with Crippen molar-refractivity contribution in [1.29, 1.82) is 0 Å². The first kappa shape index (κ1) is 8.45. The van der Waals surface area contributed by atoms with Crippen molar-refractivity contribution in [2.24, 2.45) is 0 Å². The Labute approximate surface area is 84.7 Å². The number of nitrogens with one attached hydrogen (secondary N) is 1. The SMILES string of the molecule is Nc1ncnc2[nH]cnc12.[NaH]. The summed E-state index contributed by atoms with van der Waals surface area (Å²) in [6.45, 7) is 0. The van der Waals surface area contributed by atoms with Gasteiger partial charge >= 0.3 is 29.6 Å². The van der Waals surface area contributed by atoms with Gasteiger partial charge in [0.25, 0.3) is 0 Å². The van der Waals surface area contributed by atoms with Crippen LogP contribution in [0.4, 0.5) is 5.82 Å². The summed E-state index contributed by atoms with van der Waals surface area (Å²) in [5.74, 6) is 0.409. The molecular weight excluding hydrogens is 153 g/mol. The predicted octanol–water partition coefficient (Wildman–Crippen LogP) is -0.713. The Morgan fingerprint density at radius 1 is 1.27 bits per heavy atom. The number of fused-ring (bicyclic) bond motifs is 1. The van der Waals surface area contributed by atoms with Crippen LogP contribution in [0.25, 0.3) is 11.2 Å². The summed E-state index contributed by atoms with van der Waals surface area (Å²) in [4.78, 5) is 14.4. The van der Waals surface area contributed by atoms with Crippen molar-refractivity contribution in [3.8, 4) is 0 Å². The molecule has 0 atom stereocenters. The average molecular weight is 159 g/mol. The average Bonchev–Trinajstić information content (AvgIpc) is 2.36. The number of aromatic nitrogens is 4. The van der Waals surface area contributed by atoms with Crippen LogP contribution in [0.3, 0.4) is 0 Å². The fraction of sp³-hybridized carbons (Fsp3) is 0. The molecule has 2 rings (SSSR count). The molecular formula is C5H6N5Na. The zero-order chi connectivity index (χ0) is 6.97. The molecule has 2 aromatic heterocycles. The number of nitrogen functional groups attached to an aromatic ring is 1. The minimum absolute atomic E-state index is 0. The van der Waals surface area contributed by atoms with Crippen molar-refractivity contribution in [3.63, 3.8) is 0 Å². The summed E-state index contributed by atoms with van der Waals surface area (Å²) in [6.07, 6.45) is 2.94. The Balaban J connectivity index is 0.000000605. The van der Waals surface area contributed by atoms with E-state index in [1.165, 1.54) is 12.7 Å². The second kappa shape index (κ2) is 3.17. The zero-order valence-electron chi connectivity index (χ0n) is 5.07. The van der Waals surface area contributed by atoms with Crippen LogP contribution >= 0.6 is 0 Å². The third-order valence-corrected chi connectivity index (χ3v) is 1.25. The van der Waals surface area contributed by atoms with E-state index < -0.39 is 0 Å². The monoisotopic (exact) mass is 159 g/mol. The van der Waals surface area contributed by atoms with E-state index in [1.54, 1.807) is 0 Å². The van der Waals surface area contributed by atoms with Crippen molar-refractivity contribution in [3.05, 3.63) is 12.7 Å². The van der Waals surface area contributed by atoms with Crippen LogP contribution in [0.5, 0.6) is 0 Å². The van der Waals surface area contributed by atoms with Gasteiger partial charge in [-0.2, -0.15) is 0 Å². The van der Waals surface area contributed by atoms with Crippen molar-refractivity contribution < 1.29 is 0 Å². The molecule has 5 nitrogen and oxygen atoms in total. The van der Waals surface area contributed by atoms with Crippen LogP contribution in [-0.4, -0.2) is 49.5 Å². The number of rotatable bonds is 0. The quantitative estimate of drug-likeness (QED) is 0.497. The first-order valence-electron chi connectivity index (χ1n) is 2.77. The van der Waals surface area contributed by atoms with E-state index in [-0.39, 0.29) is 29.6 Å². The Morgan fingerprint density at radius 3 is 2.82 bits per heavy atom. The van der Waals surface area contributed by atoms with Gasteiger partial charge in [0.1, 0.15) is 11.8 Å². The van der Waals surface area contributed by atoms with Gasteiger partial charge in [-0.1, -0.05) is 0 Å². The van der Waals surface area contributed by atoms with Gasteiger partial charge in [0.15, 0.2) is 11.5 Å². The minimum atomic E-state index is 0. The summed E-state index contributed by atoms with van der Waals surface area (Å²) in [5, 5.41) is 0. The number of hydrogen-bond donors (Lipinski definition) is 2. The van der Waals surface area contributed by atoms with E-state index in [9.17, 15) is 0 Å². The maximum atomic E-state index is 5.47. The topological polar surface area (TPSA) is 80.5 Å². The molecule has 0 unspecified atom stereocenters. The Hall–Kier alpha value is -0.650. The molecule has 0 spiro atoms. The van der Waals surface area contributed by atoms with Gasteiger partial charge < -0.3 is 10.7 Å². The van der Waals surface area contributed by atoms with Gasteiger partial charge in [0.05, 0.1) is 6.33 Å². The molecule has 0 saturated carbocycles. The summed E-state index contributed by atoms with van der Waals surface area (Å²) >= 11 is 0. The van der Waals surface area contributed by atoms with Crippen LogP contribution in [-0.2, 0) is 0 Å². The zero-order valence-corrected chi connectivity index (χ0v) is 5.07. The van der Waals surface area contributed by atoms with Gasteiger partial charge in [-0.15, -0.1) is 0 Å². The fourth-order valence-corrected chi connectivity index (χ4v) is 0.783. The molecule has 0 aromatic carbocycles. The van der Waals surface area contributed by atoms with Crippen LogP contribution in [0, 0.1) is 0 Å². The first-order chi connectivity index (χ1) is 4.88. The molecule has 0 radical (unpaired) electrons. The van der Waals surface area contributed by atoms with Crippen LogP contribution < -0.4 is 5.73 Å². The number of hydrogen-bond acceptors (Lipinski definition) is 4. The van der Waals surface area contributed by atoms with E-state index in [2.05, 4.69) is 19.9 Å². The molecule has 3 N–H and O–H groups in total. The van der Waals surface area contributed by atoms with Crippen LogP contribution in [0.1, 0.15) is 0 Å². The van der Waals surface area contributed by atoms with E-state index in [4.69, 9.17) is 5.73 Å². The Morgan fingerprint density at radius 2 is 2.09 bits per heavy atom. The second-order valence-corrected chi connectivity index (χ2v) is 1.86. The number of aromatic amines is 1. The molecule has 0 fully saturated rings. The second-order valence-electron chi connectivity index (χ2n) is 1.86. The third-order valence-electron chi connectivity index (χ3n) is 1.25. The predicted molar refractivity (Wildman–Crippen MR) is 43.2 cm³/mol. The van der Waals surface area contributed by atoms with Crippen LogP contribution in [0.15, 0.2) is 12.7 Å². The van der Waals surface area contributed by atoms with Crippen molar-refractivity contribution in [1.82, 2.24) is 19.9 Å². The fourth-order valence-electron chi connectivity index (χ4n) is 0.783. The molecule has 0 saturated heterocycles. The number of nitrogens with two attached hydrogens (primary N) is 1. The van der Waals surface area contributed by atoms with Crippen molar-refractivity contribution in [2.75, 3.05) is 5.73 Å². The van der Waals surface area contributed by atoms with Gasteiger partial charge in [-0.05, 0) is 0 Å². The number of nitrogens with zero attached hydrogens (tertiary/aromatic N) is 3. The summed E-state index contributed by atoms with van der Waals surface area (Å²) in [5.41, 5.74) is 6.77. The maximum absolute atomic E-state index is 5.47. The van der Waals surface area contributed by atoms with E-state index in [1.807, 2.05) is 0 Å².